The highest BCUT2D eigenvalue weighted by Crippen LogP contribution is 2.41. The fourth-order valence-corrected chi connectivity index (χ4v) is 2.06. The van der Waals surface area contributed by atoms with Crippen molar-refractivity contribution in [2.75, 3.05) is 33.8 Å². The summed E-state index contributed by atoms with van der Waals surface area (Å²) >= 11 is 0. The molecule has 0 saturated heterocycles. The zero-order valence-corrected chi connectivity index (χ0v) is 9.92. The van der Waals surface area contributed by atoms with Gasteiger partial charge < -0.3 is 15.0 Å². The second-order valence-corrected chi connectivity index (χ2v) is 4.77. The Bertz CT molecular complexity index is 263. The molecule has 0 radical (unpaired) electrons. The van der Waals surface area contributed by atoms with Crippen LogP contribution in [0.1, 0.15) is 19.8 Å². The third-order valence-corrected chi connectivity index (χ3v) is 3.56. The molecule has 1 fully saturated rings. The Morgan fingerprint density at radius 2 is 2.33 bits per heavy atom. The van der Waals surface area contributed by atoms with Gasteiger partial charge in [0.1, 0.15) is 0 Å². The van der Waals surface area contributed by atoms with Crippen molar-refractivity contribution in [3.8, 4) is 0 Å². The highest BCUT2D eigenvalue weighted by atomic mass is 16.5. The van der Waals surface area contributed by atoms with Crippen LogP contribution in [-0.4, -0.2) is 50.3 Å². The molecule has 1 heterocycles. The summed E-state index contributed by atoms with van der Waals surface area (Å²) in [4.78, 5) is 6.57. The molecule has 0 aromatic heterocycles. The van der Waals surface area contributed by atoms with E-state index in [4.69, 9.17) is 4.74 Å². The fraction of sp³-hybridized carbons (Fsp3) is 0.909. The first-order chi connectivity index (χ1) is 7.15. The van der Waals surface area contributed by atoms with Crippen molar-refractivity contribution >= 4 is 5.96 Å². The van der Waals surface area contributed by atoms with Gasteiger partial charge in [-0.2, -0.15) is 0 Å². The lowest BCUT2D eigenvalue weighted by atomic mass is 10.0. The van der Waals surface area contributed by atoms with E-state index in [0.717, 1.165) is 31.5 Å². The van der Waals surface area contributed by atoms with Crippen LogP contribution in [0.2, 0.25) is 0 Å². The number of methoxy groups -OCH3 is 1. The lowest BCUT2D eigenvalue weighted by Gasteiger charge is -2.29. The van der Waals surface area contributed by atoms with Crippen LogP contribution in [0.15, 0.2) is 4.99 Å². The zero-order chi connectivity index (χ0) is 10.9. The van der Waals surface area contributed by atoms with Gasteiger partial charge in [0.2, 0.25) is 0 Å². The van der Waals surface area contributed by atoms with Crippen LogP contribution in [0.5, 0.6) is 0 Å². The van der Waals surface area contributed by atoms with E-state index >= 15 is 0 Å². The number of aliphatic imine (C=N–C) groups is 1. The van der Waals surface area contributed by atoms with Crippen LogP contribution < -0.4 is 5.32 Å². The Balaban J connectivity index is 1.85. The Kier molecular flexibility index (Phi) is 2.87. The molecule has 1 unspecified atom stereocenters. The van der Waals surface area contributed by atoms with Gasteiger partial charge in [-0.3, -0.25) is 4.99 Å². The zero-order valence-electron chi connectivity index (χ0n) is 9.92. The van der Waals surface area contributed by atoms with Crippen molar-refractivity contribution in [1.29, 1.82) is 0 Å². The maximum atomic E-state index is 5.62. The smallest absolute Gasteiger partial charge is 0.193 e. The molecule has 4 nitrogen and oxygen atoms in total. The lowest BCUT2D eigenvalue weighted by molar-refractivity contribution is -0.00903. The molecule has 1 atom stereocenters. The van der Waals surface area contributed by atoms with E-state index < -0.39 is 0 Å². The lowest BCUT2D eigenvalue weighted by Crippen LogP contribution is -2.47. The first-order valence-corrected chi connectivity index (χ1v) is 5.70. The summed E-state index contributed by atoms with van der Waals surface area (Å²) in [5.41, 5.74) is -0.0219. The van der Waals surface area contributed by atoms with Crippen LogP contribution in [0.25, 0.3) is 0 Å². The molecule has 0 spiro atoms. The van der Waals surface area contributed by atoms with Gasteiger partial charge in [0, 0.05) is 27.2 Å². The molecule has 0 bridgehead atoms. The number of likely N-dealkylation sites (N-methyl/N-ethyl adjacent to an activating group) is 1. The van der Waals surface area contributed by atoms with Crippen LogP contribution in [-0.2, 0) is 4.74 Å². The van der Waals surface area contributed by atoms with Gasteiger partial charge in [-0.1, -0.05) is 0 Å². The van der Waals surface area contributed by atoms with E-state index in [1.165, 1.54) is 12.8 Å². The van der Waals surface area contributed by atoms with Crippen LogP contribution in [0, 0.1) is 5.92 Å². The second kappa shape index (κ2) is 4.00. The minimum absolute atomic E-state index is 0.0219. The van der Waals surface area contributed by atoms with E-state index in [0.29, 0.717) is 0 Å². The van der Waals surface area contributed by atoms with Crippen molar-refractivity contribution in [1.82, 2.24) is 10.2 Å². The van der Waals surface area contributed by atoms with Gasteiger partial charge in [-0.25, -0.2) is 0 Å². The molecule has 1 aliphatic carbocycles. The normalized spacial score (nSPS) is 25.0. The average molecular weight is 211 g/mol. The first kappa shape index (κ1) is 10.7. The van der Waals surface area contributed by atoms with E-state index in [9.17, 15) is 0 Å². The predicted molar refractivity (Wildman–Crippen MR) is 61.1 cm³/mol. The third-order valence-electron chi connectivity index (χ3n) is 3.56. The number of ether oxygens (including phenoxy) is 1. The number of nitrogens with zero attached hydrogens (tertiary/aromatic N) is 2. The summed E-state index contributed by atoms with van der Waals surface area (Å²) in [5, 5.41) is 3.40. The van der Waals surface area contributed by atoms with Gasteiger partial charge in [-0.05, 0) is 25.7 Å². The summed E-state index contributed by atoms with van der Waals surface area (Å²) < 4.78 is 5.62. The van der Waals surface area contributed by atoms with E-state index in [-0.39, 0.29) is 5.60 Å². The molecule has 0 aromatic rings. The van der Waals surface area contributed by atoms with E-state index in [1.807, 2.05) is 0 Å². The molecule has 1 N–H and O–H groups in total. The summed E-state index contributed by atoms with van der Waals surface area (Å²) in [6, 6.07) is 0. The Morgan fingerprint density at radius 3 is 2.80 bits per heavy atom. The Hall–Kier alpha value is -0.770. The van der Waals surface area contributed by atoms with Crippen molar-refractivity contribution in [2.45, 2.75) is 25.4 Å². The summed E-state index contributed by atoms with van der Waals surface area (Å²) in [7, 11) is 3.88. The molecule has 86 valence electrons. The summed E-state index contributed by atoms with van der Waals surface area (Å²) in [6.45, 7) is 4.98. The Labute approximate surface area is 91.7 Å². The second-order valence-electron chi connectivity index (χ2n) is 4.77. The maximum Gasteiger partial charge on any atom is 0.193 e. The largest absolute Gasteiger partial charge is 0.376 e. The Morgan fingerprint density at radius 1 is 1.60 bits per heavy atom. The SMILES string of the molecule is COC(C)(CNC1=NCCN1C)C1CC1. The highest BCUT2D eigenvalue weighted by Gasteiger charge is 2.41. The van der Waals surface area contributed by atoms with Gasteiger partial charge in [-0.15, -0.1) is 0 Å². The maximum absolute atomic E-state index is 5.62. The molecule has 2 aliphatic rings. The average Bonchev–Trinajstić information content (AvgIpc) is 3.01. The van der Waals surface area contributed by atoms with Crippen molar-refractivity contribution in [3.05, 3.63) is 0 Å². The molecule has 4 heteroatoms. The van der Waals surface area contributed by atoms with Gasteiger partial charge in [0.05, 0.1) is 12.1 Å². The van der Waals surface area contributed by atoms with Crippen molar-refractivity contribution in [3.63, 3.8) is 0 Å². The van der Waals surface area contributed by atoms with Gasteiger partial charge in [0.15, 0.2) is 5.96 Å². The minimum Gasteiger partial charge on any atom is -0.376 e. The van der Waals surface area contributed by atoms with Crippen LogP contribution in [0.4, 0.5) is 0 Å². The number of guanidine groups is 1. The molecule has 2 rings (SSSR count). The van der Waals surface area contributed by atoms with Gasteiger partial charge >= 0.3 is 0 Å². The topological polar surface area (TPSA) is 36.9 Å². The molecule has 0 aromatic carbocycles. The molecule has 1 aliphatic heterocycles. The monoisotopic (exact) mass is 211 g/mol. The molecular formula is C11H21N3O. The van der Waals surface area contributed by atoms with Crippen molar-refractivity contribution in [2.24, 2.45) is 10.9 Å². The van der Waals surface area contributed by atoms with E-state index in [1.54, 1.807) is 7.11 Å². The number of hydrogen-bond acceptors (Lipinski definition) is 4. The summed E-state index contributed by atoms with van der Waals surface area (Å²) in [6.07, 6.45) is 2.60. The molecule has 1 saturated carbocycles. The predicted octanol–water partition coefficient (Wildman–Crippen LogP) is 0.692. The molecular weight excluding hydrogens is 190 g/mol. The fourth-order valence-electron chi connectivity index (χ4n) is 2.06. The van der Waals surface area contributed by atoms with Crippen molar-refractivity contribution < 1.29 is 4.74 Å². The van der Waals surface area contributed by atoms with Crippen LogP contribution in [0.3, 0.4) is 0 Å². The van der Waals surface area contributed by atoms with E-state index in [2.05, 4.69) is 29.2 Å². The standard InChI is InChI=1S/C11H21N3O/c1-11(15-3,9-4-5-9)8-13-10-12-6-7-14(10)2/h9H,4-8H2,1-3H3,(H,12,13). The number of rotatable bonds is 4. The quantitative estimate of drug-likeness (QED) is 0.743. The number of nitrogens with one attached hydrogen (secondary N) is 1. The number of hydrogen-bond donors (Lipinski definition) is 1. The summed E-state index contributed by atoms with van der Waals surface area (Å²) in [5.74, 6) is 1.74. The highest BCUT2D eigenvalue weighted by molar-refractivity contribution is 5.81. The third kappa shape index (κ3) is 2.25. The van der Waals surface area contributed by atoms with Crippen LogP contribution >= 0.6 is 0 Å². The molecule has 0 amide bonds. The minimum atomic E-state index is -0.0219. The molecule has 15 heavy (non-hydrogen) atoms. The first-order valence-electron chi connectivity index (χ1n) is 5.70. The van der Waals surface area contributed by atoms with Gasteiger partial charge in [0.25, 0.3) is 0 Å².